The number of hydrogen-bond acceptors (Lipinski definition) is 4. The first-order valence-electron chi connectivity index (χ1n) is 9.08. The molecular weight excluding hydrogens is 344 g/mol. The maximum atomic E-state index is 12.6. The lowest BCUT2D eigenvalue weighted by molar-refractivity contribution is 0.0303. The number of benzene rings is 2. The summed E-state index contributed by atoms with van der Waals surface area (Å²) in [6, 6.07) is 14.0. The molecule has 27 heavy (non-hydrogen) atoms. The first kappa shape index (κ1) is 18.9. The van der Waals surface area contributed by atoms with Crippen molar-refractivity contribution < 1.29 is 19.1 Å². The summed E-state index contributed by atoms with van der Waals surface area (Å²) in [5.41, 5.74) is 1.66. The molecule has 1 N–H and O–H groups in total. The highest BCUT2D eigenvalue weighted by Gasteiger charge is 2.19. The van der Waals surface area contributed by atoms with Gasteiger partial charge in [0.2, 0.25) is 0 Å². The zero-order valence-electron chi connectivity index (χ0n) is 15.6. The van der Waals surface area contributed by atoms with Crippen molar-refractivity contribution in [3.8, 4) is 5.75 Å². The number of carbonyl (C=O) groups excluding carboxylic acids is 2. The third-order valence-electron chi connectivity index (χ3n) is 4.19. The molecule has 2 aromatic carbocycles. The van der Waals surface area contributed by atoms with Crippen LogP contribution in [-0.4, -0.2) is 49.1 Å². The average molecular weight is 368 g/mol. The van der Waals surface area contributed by atoms with Gasteiger partial charge in [-0.15, -0.1) is 0 Å². The Bertz CT molecular complexity index is 796. The molecule has 1 heterocycles. The number of nitrogens with zero attached hydrogens (tertiary/aromatic N) is 1. The molecule has 2 amide bonds. The van der Waals surface area contributed by atoms with Crippen molar-refractivity contribution in [2.75, 3.05) is 31.6 Å². The largest absolute Gasteiger partial charge is 0.489 e. The molecule has 142 valence electrons. The van der Waals surface area contributed by atoms with E-state index in [0.717, 1.165) is 0 Å². The number of nitrogens with one attached hydrogen (secondary N) is 1. The van der Waals surface area contributed by atoms with Crippen molar-refractivity contribution in [1.29, 1.82) is 0 Å². The fourth-order valence-electron chi connectivity index (χ4n) is 2.83. The summed E-state index contributed by atoms with van der Waals surface area (Å²) in [7, 11) is 0. The molecule has 1 aliphatic rings. The molecule has 0 spiro atoms. The summed E-state index contributed by atoms with van der Waals surface area (Å²) in [6.45, 7) is 6.17. The summed E-state index contributed by atoms with van der Waals surface area (Å²) >= 11 is 0. The van der Waals surface area contributed by atoms with Crippen molar-refractivity contribution in [3.05, 3.63) is 59.7 Å². The number of carbonyl (C=O) groups is 2. The van der Waals surface area contributed by atoms with Gasteiger partial charge in [-0.2, -0.15) is 0 Å². The molecule has 0 aliphatic carbocycles. The van der Waals surface area contributed by atoms with Crippen LogP contribution in [0.15, 0.2) is 48.5 Å². The van der Waals surface area contributed by atoms with E-state index in [-0.39, 0.29) is 17.9 Å². The number of ether oxygens (including phenoxy) is 2. The van der Waals surface area contributed by atoms with Gasteiger partial charge in [-0.3, -0.25) is 9.59 Å². The number of morpholine rings is 1. The molecule has 6 nitrogen and oxygen atoms in total. The average Bonchev–Trinajstić information content (AvgIpc) is 2.69. The van der Waals surface area contributed by atoms with Gasteiger partial charge in [-0.1, -0.05) is 12.1 Å². The Hall–Kier alpha value is -2.86. The van der Waals surface area contributed by atoms with Crippen LogP contribution in [0.2, 0.25) is 0 Å². The molecule has 0 saturated carbocycles. The van der Waals surface area contributed by atoms with Gasteiger partial charge in [-0.25, -0.2) is 0 Å². The van der Waals surface area contributed by atoms with Gasteiger partial charge in [0.1, 0.15) is 5.75 Å². The van der Waals surface area contributed by atoms with Gasteiger partial charge in [-0.05, 0) is 50.2 Å². The van der Waals surface area contributed by atoms with Crippen LogP contribution < -0.4 is 10.1 Å². The molecule has 1 fully saturated rings. The van der Waals surface area contributed by atoms with Crippen molar-refractivity contribution in [2.45, 2.75) is 20.0 Å². The molecule has 3 rings (SSSR count). The number of hydrogen-bond donors (Lipinski definition) is 1. The van der Waals surface area contributed by atoms with E-state index in [9.17, 15) is 9.59 Å². The Morgan fingerprint density at radius 1 is 1.00 bits per heavy atom. The second-order valence-corrected chi connectivity index (χ2v) is 6.60. The van der Waals surface area contributed by atoms with Crippen LogP contribution in [-0.2, 0) is 4.74 Å². The van der Waals surface area contributed by atoms with Gasteiger partial charge < -0.3 is 19.7 Å². The summed E-state index contributed by atoms with van der Waals surface area (Å²) in [4.78, 5) is 26.8. The molecular formula is C21H24N2O4. The van der Waals surface area contributed by atoms with E-state index >= 15 is 0 Å². The van der Waals surface area contributed by atoms with E-state index in [4.69, 9.17) is 9.47 Å². The van der Waals surface area contributed by atoms with Crippen LogP contribution >= 0.6 is 0 Å². The van der Waals surface area contributed by atoms with Crippen LogP contribution in [0, 0.1) is 0 Å². The first-order chi connectivity index (χ1) is 13.0. The van der Waals surface area contributed by atoms with Crippen molar-refractivity contribution >= 4 is 17.5 Å². The second kappa shape index (κ2) is 8.68. The maximum Gasteiger partial charge on any atom is 0.255 e. The third kappa shape index (κ3) is 4.86. The Morgan fingerprint density at radius 3 is 2.30 bits per heavy atom. The van der Waals surface area contributed by atoms with Crippen molar-refractivity contribution in [2.24, 2.45) is 0 Å². The predicted molar refractivity (Wildman–Crippen MR) is 103 cm³/mol. The molecule has 0 atom stereocenters. The Morgan fingerprint density at radius 2 is 1.63 bits per heavy atom. The normalized spacial score (nSPS) is 14.1. The minimum Gasteiger partial charge on any atom is -0.489 e. The molecule has 0 aromatic heterocycles. The molecule has 0 bridgehead atoms. The highest BCUT2D eigenvalue weighted by atomic mass is 16.5. The highest BCUT2D eigenvalue weighted by molar-refractivity contribution is 6.05. The Balaban J connectivity index is 1.68. The van der Waals surface area contributed by atoms with Crippen LogP contribution in [0.25, 0.3) is 0 Å². The number of para-hydroxylation sites is 2. The van der Waals surface area contributed by atoms with Crippen LogP contribution in [0.4, 0.5) is 5.69 Å². The highest BCUT2D eigenvalue weighted by Crippen LogP contribution is 2.25. The fourth-order valence-corrected chi connectivity index (χ4v) is 2.83. The van der Waals surface area contributed by atoms with Gasteiger partial charge >= 0.3 is 0 Å². The first-order valence-corrected chi connectivity index (χ1v) is 9.08. The van der Waals surface area contributed by atoms with E-state index < -0.39 is 0 Å². The predicted octanol–water partition coefficient (Wildman–Crippen LogP) is 3.20. The zero-order valence-corrected chi connectivity index (χ0v) is 15.6. The van der Waals surface area contributed by atoms with Gasteiger partial charge in [0, 0.05) is 24.2 Å². The van der Waals surface area contributed by atoms with E-state index in [1.807, 2.05) is 32.0 Å². The monoisotopic (exact) mass is 368 g/mol. The smallest absolute Gasteiger partial charge is 0.255 e. The Kier molecular flexibility index (Phi) is 6.08. The number of rotatable bonds is 5. The lowest BCUT2D eigenvalue weighted by Gasteiger charge is -2.26. The van der Waals surface area contributed by atoms with Gasteiger partial charge in [0.15, 0.2) is 0 Å². The lowest BCUT2D eigenvalue weighted by atomic mass is 10.1. The maximum absolute atomic E-state index is 12.6. The second-order valence-electron chi connectivity index (χ2n) is 6.60. The molecule has 1 saturated heterocycles. The van der Waals surface area contributed by atoms with E-state index in [1.165, 1.54) is 0 Å². The molecule has 2 aromatic rings. The summed E-state index contributed by atoms with van der Waals surface area (Å²) in [5, 5.41) is 2.87. The Labute approximate surface area is 159 Å². The molecule has 0 unspecified atom stereocenters. The number of anilines is 1. The molecule has 0 radical (unpaired) electrons. The van der Waals surface area contributed by atoms with Crippen LogP contribution in [0.3, 0.4) is 0 Å². The lowest BCUT2D eigenvalue weighted by Crippen LogP contribution is -2.40. The summed E-state index contributed by atoms with van der Waals surface area (Å²) in [6.07, 6.45) is 0.00790. The fraction of sp³-hybridized carbons (Fsp3) is 0.333. The van der Waals surface area contributed by atoms with E-state index in [2.05, 4.69) is 5.32 Å². The van der Waals surface area contributed by atoms with Crippen LogP contribution in [0.1, 0.15) is 34.6 Å². The van der Waals surface area contributed by atoms with E-state index in [0.29, 0.717) is 48.9 Å². The SMILES string of the molecule is CC(C)Oc1ccccc1NC(=O)c1ccc(C(=O)N2CCOCC2)cc1. The standard InChI is InChI=1S/C21H24N2O4/c1-15(2)27-19-6-4-3-5-18(19)22-20(24)16-7-9-17(10-8-16)21(25)23-11-13-26-14-12-23/h3-10,15H,11-14H2,1-2H3,(H,22,24). The van der Waals surface area contributed by atoms with Gasteiger partial charge in [0.05, 0.1) is 25.0 Å². The molecule has 6 heteroatoms. The van der Waals surface area contributed by atoms with Crippen LogP contribution in [0.5, 0.6) is 5.75 Å². The van der Waals surface area contributed by atoms with E-state index in [1.54, 1.807) is 35.2 Å². The summed E-state index contributed by atoms with van der Waals surface area (Å²) in [5.74, 6) is 0.334. The third-order valence-corrected chi connectivity index (χ3v) is 4.19. The van der Waals surface area contributed by atoms with Crippen molar-refractivity contribution in [1.82, 2.24) is 4.90 Å². The topological polar surface area (TPSA) is 67.9 Å². The number of amides is 2. The molecule has 1 aliphatic heterocycles. The summed E-state index contributed by atoms with van der Waals surface area (Å²) < 4.78 is 11.0. The van der Waals surface area contributed by atoms with Crippen molar-refractivity contribution in [3.63, 3.8) is 0 Å². The minimum absolute atomic E-state index is 0.00790. The quantitative estimate of drug-likeness (QED) is 0.880. The minimum atomic E-state index is -0.250. The zero-order chi connectivity index (χ0) is 19.2. The van der Waals surface area contributed by atoms with Gasteiger partial charge in [0.25, 0.3) is 11.8 Å².